The monoisotopic (exact) mass is 574 g/mol. The molecule has 4 rings (SSSR count). The van der Waals surface area contributed by atoms with Gasteiger partial charge in [0.15, 0.2) is 11.5 Å². The zero-order valence-corrected chi connectivity index (χ0v) is 25.1. The van der Waals surface area contributed by atoms with E-state index >= 15 is 0 Å². The van der Waals surface area contributed by atoms with Gasteiger partial charge in [0.05, 0.1) is 32.9 Å². The molecule has 0 bridgehead atoms. The number of carbonyl (C=O) groups excluding carboxylic acids is 2. The van der Waals surface area contributed by atoms with Crippen LogP contribution in [-0.2, 0) is 17.6 Å². The highest BCUT2D eigenvalue weighted by Crippen LogP contribution is 2.40. The molecule has 1 atom stereocenters. The summed E-state index contributed by atoms with van der Waals surface area (Å²) in [5.74, 6) is 2.20. The number of hydrogen-bond acceptors (Lipinski definition) is 6. The molecular weight excluding hydrogens is 532 g/mol. The summed E-state index contributed by atoms with van der Waals surface area (Å²) in [7, 11) is 6.58. The van der Waals surface area contributed by atoms with Crippen molar-refractivity contribution in [1.29, 1.82) is 0 Å². The largest absolute Gasteiger partial charge is 0.493 e. The maximum atomic E-state index is 14.0. The van der Waals surface area contributed by atoms with E-state index in [1.165, 1.54) is 0 Å². The first kappa shape index (κ1) is 30.8. The van der Waals surface area contributed by atoms with Crippen LogP contribution < -0.4 is 18.9 Å². The summed E-state index contributed by atoms with van der Waals surface area (Å²) in [6.45, 7) is 1.53. The first-order valence-electron chi connectivity index (χ1n) is 14.5. The summed E-state index contributed by atoms with van der Waals surface area (Å²) in [6.07, 6.45) is 4.04. The van der Waals surface area contributed by atoms with Crippen LogP contribution in [0, 0.1) is 0 Å². The van der Waals surface area contributed by atoms with E-state index in [2.05, 4.69) is 12.1 Å². The lowest BCUT2D eigenvalue weighted by Crippen LogP contribution is -2.45. The van der Waals surface area contributed by atoms with Crippen LogP contribution in [0.2, 0.25) is 0 Å². The fourth-order valence-corrected chi connectivity index (χ4v) is 5.47. The van der Waals surface area contributed by atoms with E-state index in [1.54, 1.807) is 32.3 Å². The van der Waals surface area contributed by atoms with Gasteiger partial charge in [0, 0.05) is 26.6 Å². The number of fused-ring (bicyclic) bond motifs is 1. The molecule has 3 aromatic rings. The van der Waals surface area contributed by atoms with Crippen molar-refractivity contribution in [1.82, 2.24) is 9.80 Å². The first-order chi connectivity index (χ1) is 20.5. The maximum Gasteiger partial charge on any atom is 0.257 e. The van der Waals surface area contributed by atoms with Crippen LogP contribution in [0.4, 0.5) is 0 Å². The third-order valence-corrected chi connectivity index (χ3v) is 7.76. The van der Waals surface area contributed by atoms with Gasteiger partial charge in [-0.2, -0.15) is 0 Å². The SMILES string of the molecule is COc1ccc(CCC(=O)N2CCCCCN(C)C(=O)c3ccccc3OC[C@@H]2Cc2ccccc2)c(OC)c1OC. The summed E-state index contributed by atoms with van der Waals surface area (Å²) in [5, 5.41) is 0. The number of nitrogens with zero attached hydrogens (tertiary/aromatic N) is 2. The third-order valence-electron chi connectivity index (χ3n) is 7.76. The van der Waals surface area contributed by atoms with Crippen LogP contribution in [-0.4, -0.2) is 75.7 Å². The fourth-order valence-electron chi connectivity index (χ4n) is 5.47. The van der Waals surface area contributed by atoms with Gasteiger partial charge in [-0.05, 0) is 61.4 Å². The molecule has 0 spiro atoms. The Morgan fingerprint density at radius 2 is 1.57 bits per heavy atom. The number of ether oxygens (including phenoxy) is 4. The molecule has 224 valence electrons. The minimum atomic E-state index is -0.214. The number of amides is 2. The Kier molecular flexibility index (Phi) is 11.1. The second-order valence-electron chi connectivity index (χ2n) is 10.5. The van der Waals surface area contributed by atoms with Crippen LogP contribution >= 0.6 is 0 Å². The lowest BCUT2D eigenvalue weighted by molar-refractivity contribution is -0.134. The van der Waals surface area contributed by atoms with Gasteiger partial charge in [-0.25, -0.2) is 0 Å². The number of rotatable bonds is 8. The molecule has 1 heterocycles. The van der Waals surface area contributed by atoms with E-state index in [9.17, 15) is 9.59 Å². The Balaban J connectivity index is 1.62. The van der Waals surface area contributed by atoms with Crippen molar-refractivity contribution in [3.05, 3.63) is 83.4 Å². The van der Waals surface area contributed by atoms with Crippen molar-refractivity contribution in [3.8, 4) is 23.0 Å². The van der Waals surface area contributed by atoms with E-state index in [-0.39, 0.29) is 24.5 Å². The molecular formula is C34H42N2O6. The molecule has 3 aromatic carbocycles. The van der Waals surface area contributed by atoms with E-state index in [4.69, 9.17) is 18.9 Å². The van der Waals surface area contributed by atoms with Crippen molar-refractivity contribution in [2.45, 2.75) is 44.6 Å². The van der Waals surface area contributed by atoms with Gasteiger partial charge >= 0.3 is 0 Å². The molecule has 0 aliphatic carbocycles. The zero-order chi connectivity index (χ0) is 29.9. The summed E-state index contributed by atoms with van der Waals surface area (Å²) < 4.78 is 23.0. The van der Waals surface area contributed by atoms with E-state index in [0.717, 1.165) is 30.4 Å². The minimum Gasteiger partial charge on any atom is -0.493 e. The fraction of sp³-hybridized carbons (Fsp3) is 0.412. The van der Waals surface area contributed by atoms with E-state index in [0.29, 0.717) is 60.9 Å². The summed E-state index contributed by atoms with van der Waals surface area (Å²) >= 11 is 0. The van der Waals surface area contributed by atoms with Gasteiger partial charge in [-0.3, -0.25) is 9.59 Å². The maximum absolute atomic E-state index is 14.0. The molecule has 0 saturated carbocycles. The molecule has 2 amide bonds. The molecule has 0 fully saturated rings. The lowest BCUT2D eigenvalue weighted by atomic mass is 10.0. The number of carbonyl (C=O) groups is 2. The molecule has 0 aromatic heterocycles. The Bertz CT molecular complexity index is 1330. The zero-order valence-electron chi connectivity index (χ0n) is 25.1. The van der Waals surface area contributed by atoms with Gasteiger partial charge in [-0.1, -0.05) is 48.5 Å². The number of aryl methyl sites for hydroxylation is 1. The average molecular weight is 575 g/mol. The highest BCUT2D eigenvalue weighted by molar-refractivity contribution is 5.96. The number of benzene rings is 3. The van der Waals surface area contributed by atoms with Gasteiger partial charge in [0.25, 0.3) is 5.91 Å². The van der Waals surface area contributed by atoms with Crippen molar-refractivity contribution in [2.75, 3.05) is 48.1 Å². The summed E-state index contributed by atoms with van der Waals surface area (Å²) in [6, 6.07) is 21.1. The highest BCUT2D eigenvalue weighted by atomic mass is 16.5. The molecule has 0 radical (unpaired) electrons. The van der Waals surface area contributed by atoms with Crippen LogP contribution in [0.5, 0.6) is 23.0 Å². The molecule has 0 unspecified atom stereocenters. The molecule has 8 heteroatoms. The molecule has 1 aliphatic rings. The van der Waals surface area contributed by atoms with Crippen molar-refractivity contribution in [3.63, 3.8) is 0 Å². The van der Waals surface area contributed by atoms with Crippen molar-refractivity contribution >= 4 is 11.8 Å². The van der Waals surface area contributed by atoms with Gasteiger partial charge < -0.3 is 28.7 Å². The average Bonchev–Trinajstić information content (AvgIpc) is 3.03. The normalized spacial score (nSPS) is 16.3. The lowest BCUT2D eigenvalue weighted by Gasteiger charge is -2.32. The molecule has 42 heavy (non-hydrogen) atoms. The number of methoxy groups -OCH3 is 3. The smallest absolute Gasteiger partial charge is 0.257 e. The van der Waals surface area contributed by atoms with Crippen LogP contribution in [0.1, 0.15) is 47.2 Å². The predicted molar refractivity (Wildman–Crippen MR) is 163 cm³/mol. The highest BCUT2D eigenvalue weighted by Gasteiger charge is 2.27. The Morgan fingerprint density at radius 3 is 2.31 bits per heavy atom. The minimum absolute atomic E-state index is 0.0488. The molecule has 1 aliphatic heterocycles. The Labute approximate surface area is 249 Å². The van der Waals surface area contributed by atoms with Crippen LogP contribution in [0.25, 0.3) is 0 Å². The third kappa shape index (κ3) is 7.55. The van der Waals surface area contributed by atoms with Crippen LogP contribution in [0.3, 0.4) is 0 Å². The molecule has 0 N–H and O–H groups in total. The van der Waals surface area contributed by atoms with Gasteiger partial charge in [0.2, 0.25) is 11.7 Å². The van der Waals surface area contributed by atoms with Gasteiger partial charge in [-0.15, -0.1) is 0 Å². The van der Waals surface area contributed by atoms with Crippen LogP contribution in [0.15, 0.2) is 66.7 Å². The second kappa shape index (κ2) is 15.1. The molecule has 0 saturated heterocycles. The number of para-hydroxylation sites is 1. The standard InChI is InChI=1S/C34H42N2O6/c1-35-21-11-6-12-22-36(31(37)20-18-26-17-19-30(39-2)33(41-4)32(26)40-3)27(23-25-13-7-5-8-14-25)24-42-29-16-10-9-15-28(29)34(35)38/h5,7-10,13-17,19,27H,6,11-12,18,20-24H2,1-4H3/t27-/m0/s1. The quantitative estimate of drug-likeness (QED) is 0.358. The van der Waals surface area contributed by atoms with E-state index in [1.807, 2.05) is 60.5 Å². The number of hydrogen-bond donors (Lipinski definition) is 0. The summed E-state index contributed by atoms with van der Waals surface area (Å²) in [5.41, 5.74) is 2.54. The Hall–Kier alpha value is -4.20. The van der Waals surface area contributed by atoms with Crippen molar-refractivity contribution < 1.29 is 28.5 Å². The summed E-state index contributed by atoms with van der Waals surface area (Å²) in [4.78, 5) is 30.9. The van der Waals surface area contributed by atoms with E-state index < -0.39 is 0 Å². The van der Waals surface area contributed by atoms with Gasteiger partial charge in [0.1, 0.15) is 12.4 Å². The second-order valence-corrected chi connectivity index (χ2v) is 10.5. The predicted octanol–water partition coefficient (Wildman–Crippen LogP) is 5.42. The van der Waals surface area contributed by atoms with Crippen molar-refractivity contribution in [2.24, 2.45) is 0 Å². The Morgan fingerprint density at radius 1 is 0.857 bits per heavy atom. The first-order valence-corrected chi connectivity index (χ1v) is 14.5. The topological polar surface area (TPSA) is 77.5 Å². The molecule has 8 nitrogen and oxygen atoms in total.